The van der Waals surface area contributed by atoms with Gasteiger partial charge in [0.25, 0.3) is 0 Å². The summed E-state index contributed by atoms with van der Waals surface area (Å²) in [6.45, 7) is 10.6. The Morgan fingerprint density at radius 3 is 2.68 bits per heavy atom. The number of hydrogen-bond acceptors (Lipinski definition) is 3. The maximum absolute atomic E-state index is 5.73. The van der Waals surface area contributed by atoms with Gasteiger partial charge in [-0.1, -0.05) is 38.2 Å². The van der Waals surface area contributed by atoms with Gasteiger partial charge in [0.2, 0.25) is 0 Å². The van der Waals surface area contributed by atoms with E-state index in [1.807, 2.05) is 12.1 Å². The van der Waals surface area contributed by atoms with Crippen LogP contribution in [0.5, 0.6) is 5.75 Å². The van der Waals surface area contributed by atoms with E-state index in [4.69, 9.17) is 17.0 Å². The van der Waals surface area contributed by atoms with Crippen LogP contribution in [-0.4, -0.2) is 30.7 Å². The predicted octanol–water partition coefficient (Wildman–Crippen LogP) is 2.60. The first-order valence-corrected chi connectivity index (χ1v) is 7.10. The van der Waals surface area contributed by atoms with Crippen molar-refractivity contribution in [2.45, 2.75) is 33.7 Å². The fraction of sp³-hybridized carbons (Fsp3) is 0.533. The largest absolute Gasteiger partial charge is 0.486 e. The van der Waals surface area contributed by atoms with E-state index in [-0.39, 0.29) is 0 Å². The minimum absolute atomic E-state index is 0.432. The van der Waals surface area contributed by atoms with Crippen molar-refractivity contribution >= 4 is 17.2 Å². The molecule has 3 nitrogen and oxygen atoms in total. The molecule has 0 saturated heterocycles. The molecule has 2 N–H and O–H groups in total. The first-order valence-electron chi connectivity index (χ1n) is 6.69. The second-order valence-corrected chi connectivity index (χ2v) is 5.44. The lowest BCUT2D eigenvalue weighted by molar-refractivity contribution is 0.371. The summed E-state index contributed by atoms with van der Waals surface area (Å²) in [5.41, 5.74) is 2.41. The molecular formula is C15H24N2OS. The summed E-state index contributed by atoms with van der Waals surface area (Å²) in [4.78, 5) is 0.742. The van der Waals surface area contributed by atoms with Crippen LogP contribution in [0.3, 0.4) is 0 Å². The van der Waals surface area contributed by atoms with Gasteiger partial charge in [0.05, 0.1) is 0 Å². The normalized spacial score (nSPS) is 10.6. The lowest BCUT2D eigenvalue weighted by atomic mass is 10.1. The van der Waals surface area contributed by atoms with Crippen LogP contribution in [0.4, 0.5) is 0 Å². The Bertz CT molecular complexity index is 419. The summed E-state index contributed by atoms with van der Waals surface area (Å²) in [5, 5.41) is 6.51. The zero-order chi connectivity index (χ0) is 14.3. The van der Waals surface area contributed by atoms with Crippen molar-refractivity contribution in [3.05, 3.63) is 29.3 Å². The molecule has 0 aromatic heterocycles. The van der Waals surface area contributed by atoms with E-state index in [9.17, 15) is 0 Å². The van der Waals surface area contributed by atoms with Gasteiger partial charge in [-0.3, -0.25) is 0 Å². The van der Waals surface area contributed by atoms with Crippen molar-refractivity contribution in [1.29, 1.82) is 0 Å². The Morgan fingerprint density at radius 2 is 2.00 bits per heavy atom. The van der Waals surface area contributed by atoms with E-state index < -0.39 is 0 Å². The van der Waals surface area contributed by atoms with Crippen molar-refractivity contribution in [1.82, 2.24) is 10.6 Å². The zero-order valence-electron chi connectivity index (χ0n) is 12.2. The Balaban J connectivity index is 2.28. The molecule has 0 radical (unpaired) electrons. The van der Waals surface area contributed by atoms with Crippen molar-refractivity contribution in [2.24, 2.45) is 0 Å². The van der Waals surface area contributed by atoms with Gasteiger partial charge in [-0.2, -0.15) is 0 Å². The van der Waals surface area contributed by atoms with Gasteiger partial charge >= 0.3 is 0 Å². The van der Waals surface area contributed by atoms with Gasteiger partial charge < -0.3 is 15.4 Å². The third-order valence-electron chi connectivity index (χ3n) is 2.91. The lowest BCUT2D eigenvalue weighted by Gasteiger charge is -2.13. The molecule has 0 amide bonds. The second-order valence-electron chi connectivity index (χ2n) is 4.95. The van der Waals surface area contributed by atoms with Crippen LogP contribution < -0.4 is 15.4 Å². The molecular weight excluding hydrogens is 256 g/mol. The van der Waals surface area contributed by atoms with Crippen LogP contribution >= 0.6 is 12.2 Å². The standard InChI is InChI=1S/C15H24N2OS/c1-11(2)16-8-9-17-15(19)10-18-14-7-5-6-12(3)13(14)4/h5-7,11,16H,8-10H2,1-4H3,(H,17,19). The highest BCUT2D eigenvalue weighted by atomic mass is 32.1. The quantitative estimate of drug-likeness (QED) is 0.594. The van der Waals surface area contributed by atoms with Gasteiger partial charge in [0.15, 0.2) is 0 Å². The molecule has 0 atom stereocenters. The number of nitrogens with one attached hydrogen (secondary N) is 2. The van der Waals surface area contributed by atoms with E-state index in [1.54, 1.807) is 0 Å². The van der Waals surface area contributed by atoms with Crippen LogP contribution in [0.2, 0.25) is 0 Å². The first-order chi connectivity index (χ1) is 9.00. The maximum Gasteiger partial charge on any atom is 0.138 e. The molecule has 0 bridgehead atoms. The molecule has 1 aromatic rings. The molecule has 1 aromatic carbocycles. The summed E-state index contributed by atoms with van der Waals surface area (Å²) in [7, 11) is 0. The van der Waals surface area contributed by atoms with E-state index in [0.29, 0.717) is 12.6 Å². The molecule has 0 unspecified atom stereocenters. The topological polar surface area (TPSA) is 33.3 Å². The zero-order valence-corrected chi connectivity index (χ0v) is 13.1. The van der Waals surface area contributed by atoms with Crippen LogP contribution in [0.25, 0.3) is 0 Å². The Labute approximate surface area is 121 Å². The molecule has 0 aliphatic rings. The smallest absolute Gasteiger partial charge is 0.138 e. The first kappa shape index (κ1) is 15.9. The molecule has 4 heteroatoms. The molecule has 0 heterocycles. The van der Waals surface area contributed by atoms with Crippen molar-refractivity contribution in [2.75, 3.05) is 19.7 Å². The van der Waals surface area contributed by atoms with Crippen LogP contribution in [0.1, 0.15) is 25.0 Å². The van der Waals surface area contributed by atoms with Crippen molar-refractivity contribution < 1.29 is 4.74 Å². The predicted molar refractivity (Wildman–Crippen MR) is 85.2 cm³/mol. The third kappa shape index (κ3) is 6.03. The maximum atomic E-state index is 5.73. The molecule has 0 aliphatic carbocycles. The Kier molecular flexibility index (Phi) is 6.81. The van der Waals surface area contributed by atoms with Gasteiger partial charge in [0, 0.05) is 19.1 Å². The molecule has 1 rings (SSSR count). The van der Waals surface area contributed by atoms with E-state index in [1.165, 1.54) is 11.1 Å². The SMILES string of the molecule is Cc1cccc(OCC(=S)NCCNC(C)C)c1C. The molecule has 0 saturated carbocycles. The fourth-order valence-corrected chi connectivity index (χ4v) is 1.80. The number of aryl methyl sites for hydroxylation is 1. The molecule has 0 aliphatic heterocycles. The van der Waals surface area contributed by atoms with E-state index in [2.05, 4.69) is 44.4 Å². The minimum Gasteiger partial charge on any atom is -0.486 e. The average Bonchev–Trinajstić information content (AvgIpc) is 2.36. The second kappa shape index (κ2) is 8.12. The molecule has 0 spiro atoms. The fourth-order valence-electron chi connectivity index (χ4n) is 1.64. The summed E-state index contributed by atoms with van der Waals surface area (Å²) >= 11 is 5.24. The highest BCUT2D eigenvalue weighted by Gasteiger charge is 2.03. The molecule has 106 valence electrons. The average molecular weight is 280 g/mol. The molecule has 0 fully saturated rings. The minimum atomic E-state index is 0.432. The summed E-state index contributed by atoms with van der Waals surface area (Å²) in [6.07, 6.45) is 0. The van der Waals surface area contributed by atoms with Crippen LogP contribution in [0.15, 0.2) is 18.2 Å². The van der Waals surface area contributed by atoms with Crippen LogP contribution in [-0.2, 0) is 0 Å². The number of hydrogen-bond donors (Lipinski definition) is 2. The Morgan fingerprint density at radius 1 is 1.26 bits per heavy atom. The van der Waals surface area contributed by atoms with E-state index >= 15 is 0 Å². The van der Waals surface area contributed by atoms with Gasteiger partial charge in [-0.15, -0.1) is 0 Å². The van der Waals surface area contributed by atoms with Crippen LogP contribution in [0, 0.1) is 13.8 Å². The Hall–Kier alpha value is -1.13. The summed E-state index contributed by atoms with van der Waals surface area (Å²) < 4.78 is 5.73. The highest BCUT2D eigenvalue weighted by molar-refractivity contribution is 7.80. The third-order valence-corrected chi connectivity index (χ3v) is 3.18. The molecule has 19 heavy (non-hydrogen) atoms. The summed E-state index contributed by atoms with van der Waals surface area (Å²) in [6, 6.07) is 6.56. The van der Waals surface area contributed by atoms with Crippen molar-refractivity contribution in [3.8, 4) is 5.75 Å². The lowest BCUT2D eigenvalue weighted by Crippen LogP contribution is -2.35. The monoisotopic (exact) mass is 280 g/mol. The van der Waals surface area contributed by atoms with Gasteiger partial charge in [-0.25, -0.2) is 0 Å². The number of rotatable bonds is 7. The van der Waals surface area contributed by atoms with Crippen molar-refractivity contribution in [3.63, 3.8) is 0 Å². The number of benzene rings is 1. The van der Waals surface area contributed by atoms with E-state index in [0.717, 1.165) is 23.8 Å². The number of ether oxygens (including phenoxy) is 1. The van der Waals surface area contributed by atoms with Gasteiger partial charge in [0.1, 0.15) is 17.3 Å². The highest BCUT2D eigenvalue weighted by Crippen LogP contribution is 2.20. The van der Waals surface area contributed by atoms with Gasteiger partial charge in [-0.05, 0) is 31.0 Å². The summed E-state index contributed by atoms with van der Waals surface area (Å²) in [5.74, 6) is 0.907. The number of thiocarbonyl (C=S) groups is 1.